The van der Waals surface area contributed by atoms with Gasteiger partial charge in [0.15, 0.2) is 5.76 Å². The van der Waals surface area contributed by atoms with Gasteiger partial charge in [-0.05, 0) is 37.1 Å². The molecule has 0 aliphatic heterocycles. The number of hydrogen-bond donors (Lipinski definition) is 2. The Morgan fingerprint density at radius 1 is 1.09 bits per heavy atom. The molecule has 0 bridgehead atoms. The van der Waals surface area contributed by atoms with Gasteiger partial charge >= 0.3 is 12.1 Å². The highest BCUT2D eigenvalue weighted by molar-refractivity contribution is 6.31. The minimum absolute atomic E-state index is 0.0998. The summed E-state index contributed by atoms with van der Waals surface area (Å²) in [6.45, 7) is 3.43. The fourth-order valence-electron chi connectivity index (χ4n) is 3.61. The predicted octanol–water partition coefficient (Wildman–Crippen LogP) is 6.30. The van der Waals surface area contributed by atoms with E-state index in [1.54, 1.807) is 44.3 Å². The Bertz CT molecular complexity index is 1370. The van der Waals surface area contributed by atoms with Crippen molar-refractivity contribution < 1.29 is 24.0 Å². The maximum atomic E-state index is 12.6. The van der Waals surface area contributed by atoms with Crippen LogP contribution in [0.1, 0.15) is 29.9 Å². The number of pyridine rings is 1. The number of benzene rings is 2. The van der Waals surface area contributed by atoms with Crippen molar-refractivity contribution in [2.45, 2.75) is 26.4 Å². The zero-order valence-electron chi connectivity index (χ0n) is 19.0. The van der Waals surface area contributed by atoms with Crippen LogP contribution in [0, 0.1) is 6.92 Å². The van der Waals surface area contributed by atoms with Crippen LogP contribution in [-0.2, 0) is 16.0 Å². The lowest BCUT2D eigenvalue weighted by Crippen LogP contribution is -2.17. The van der Waals surface area contributed by atoms with Crippen LogP contribution in [0.3, 0.4) is 0 Å². The summed E-state index contributed by atoms with van der Waals surface area (Å²) < 4.78 is 10.8. The Morgan fingerprint density at radius 3 is 2.51 bits per heavy atom. The number of hydrogen-bond acceptors (Lipinski definition) is 6. The van der Waals surface area contributed by atoms with Crippen LogP contribution in [0.5, 0.6) is 0 Å². The van der Waals surface area contributed by atoms with E-state index in [0.29, 0.717) is 33.3 Å². The lowest BCUT2D eigenvalue weighted by molar-refractivity contribution is -0.136. The quantitative estimate of drug-likeness (QED) is 0.311. The Labute approximate surface area is 206 Å². The summed E-state index contributed by atoms with van der Waals surface area (Å²) in [6.07, 6.45) is 1.88. The van der Waals surface area contributed by atoms with Crippen molar-refractivity contribution in [2.24, 2.45) is 0 Å². The summed E-state index contributed by atoms with van der Waals surface area (Å²) >= 11 is 6.20. The number of aliphatic carboxylic acids is 1. The van der Waals surface area contributed by atoms with E-state index in [1.807, 2.05) is 30.3 Å². The first-order valence-corrected chi connectivity index (χ1v) is 11.1. The molecule has 35 heavy (non-hydrogen) atoms. The number of nitrogens with one attached hydrogen (secondary N) is 1. The van der Waals surface area contributed by atoms with Crippen molar-refractivity contribution in [1.29, 1.82) is 0 Å². The number of carbonyl (C=O) groups excluding carboxylic acids is 1. The standard InChI is InChI=1S/C26H22ClN3O5/c1-15(21-5-3-4-6-22(21)27)34-26(33)29-24-16(2)35-30-25(24)19-9-7-18(8-10-19)20-11-17(12-23(31)32)13-28-14-20/h3-11,13-15H,12H2,1-2H3,(H,29,33)(H,31,32). The van der Waals surface area contributed by atoms with Gasteiger partial charge in [0.2, 0.25) is 0 Å². The highest BCUT2D eigenvalue weighted by Crippen LogP contribution is 2.32. The number of carbonyl (C=O) groups is 2. The third-order valence-electron chi connectivity index (χ3n) is 5.36. The van der Waals surface area contributed by atoms with Crippen molar-refractivity contribution in [3.63, 3.8) is 0 Å². The van der Waals surface area contributed by atoms with Gasteiger partial charge in [-0.25, -0.2) is 4.79 Å². The molecule has 0 aliphatic carbocycles. The second-order valence-corrected chi connectivity index (χ2v) is 8.29. The van der Waals surface area contributed by atoms with Crippen molar-refractivity contribution in [2.75, 3.05) is 5.32 Å². The molecule has 2 heterocycles. The fraction of sp³-hybridized carbons (Fsp3) is 0.154. The van der Waals surface area contributed by atoms with Crippen molar-refractivity contribution >= 4 is 29.4 Å². The highest BCUT2D eigenvalue weighted by atomic mass is 35.5. The van der Waals surface area contributed by atoms with Gasteiger partial charge in [0.25, 0.3) is 0 Å². The van der Waals surface area contributed by atoms with Gasteiger partial charge in [-0.3, -0.25) is 15.1 Å². The third kappa shape index (κ3) is 5.67. The molecule has 2 aromatic heterocycles. The molecule has 1 unspecified atom stereocenters. The molecule has 0 spiro atoms. The lowest BCUT2D eigenvalue weighted by atomic mass is 10.0. The number of anilines is 1. The normalized spacial score (nSPS) is 11.6. The fourth-order valence-corrected chi connectivity index (χ4v) is 3.90. The summed E-state index contributed by atoms with van der Waals surface area (Å²) in [4.78, 5) is 27.7. The summed E-state index contributed by atoms with van der Waals surface area (Å²) in [6, 6.07) is 16.3. The molecule has 0 saturated heterocycles. The molecule has 0 fully saturated rings. The number of halogens is 1. The maximum Gasteiger partial charge on any atom is 0.412 e. The number of carboxylic acid groups (broad SMARTS) is 1. The van der Waals surface area contributed by atoms with Crippen LogP contribution in [0.25, 0.3) is 22.4 Å². The largest absolute Gasteiger partial charge is 0.481 e. The first kappa shape index (κ1) is 24.0. The van der Waals surface area contributed by atoms with Crippen LogP contribution in [0.4, 0.5) is 10.5 Å². The Hall–Kier alpha value is -4.17. The Kier molecular flexibility index (Phi) is 7.12. The monoisotopic (exact) mass is 491 g/mol. The number of nitrogens with zero attached hydrogens (tertiary/aromatic N) is 2. The summed E-state index contributed by atoms with van der Waals surface area (Å²) in [5.41, 5.74) is 4.53. The van der Waals surface area contributed by atoms with E-state index >= 15 is 0 Å². The van der Waals surface area contributed by atoms with Gasteiger partial charge < -0.3 is 14.4 Å². The van der Waals surface area contributed by atoms with Crippen LogP contribution < -0.4 is 5.32 Å². The average Bonchev–Trinajstić information content (AvgIpc) is 3.19. The van der Waals surface area contributed by atoms with Gasteiger partial charge in [-0.1, -0.05) is 59.2 Å². The van der Waals surface area contributed by atoms with E-state index in [4.69, 9.17) is 26.0 Å². The second kappa shape index (κ2) is 10.4. The molecule has 4 aromatic rings. The van der Waals surface area contributed by atoms with E-state index < -0.39 is 18.2 Å². The summed E-state index contributed by atoms with van der Waals surface area (Å²) in [7, 11) is 0. The Balaban J connectivity index is 1.51. The first-order valence-electron chi connectivity index (χ1n) is 10.8. The number of amides is 1. The van der Waals surface area contributed by atoms with Gasteiger partial charge in [0, 0.05) is 34.1 Å². The van der Waals surface area contributed by atoms with Crippen molar-refractivity contribution in [1.82, 2.24) is 10.1 Å². The molecule has 0 aliphatic rings. The lowest BCUT2D eigenvalue weighted by Gasteiger charge is -2.15. The maximum absolute atomic E-state index is 12.6. The van der Waals surface area contributed by atoms with E-state index in [-0.39, 0.29) is 6.42 Å². The van der Waals surface area contributed by atoms with Crippen molar-refractivity contribution in [3.8, 4) is 22.4 Å². The molecule has 0 radical (unpaired) electrons. The number of carboxylic acids is 1. The van der Waals surface area contributed by atoms with Gasteiger partial charge in [-0.15, -0.1) is 0 Å². The predicted molar refractivity (Wildman–Crippen MR) is 131 cm³/mol. The minimum atomic E-state index is -0.916. The van der Waals surface area contributed by atoms with Gasteiger partial charge in [0.1, 0.15) is 17.5 Å². The molecular weight excluding hydrogens is 470 g/mol. The van der Waals surface area contributed by atoms with Gasteiger partial charge in [0.05, 0.1) is 6.42 Å². The third-order valence-corrected chi connectivity index (χ3v) is 5.70. The van der Waals surface area contributed by atoms with Crippen LogP contribution in [0.2, 0.25) is 5.02 Å². The number of rotatable bonds is 7. The van der Waals surface area contributed by atoms with E-state index in [0.717, 1.165) is 16.7 Å². The number of aryl methyl sites for hydroxylation is 1. The second-order valence-electron chi connectivity index (χ2n) is 7.89. The molecule has 8 nitrogen and oxygen atoms in total. The zero-order chi connectivity index (χ0) is 24.9. The molecule has 1 amide bonds. The minimum Gasteiger partial charge on any atom is -0.481 e. The SMILES string of the molecule is Cc1onc(-c2ccc(-c3cncc(CC(=O)O)c3)cc2)c1NC(=O)OC(C)c1ccccc1Cl. The molecule has 9 heteroatoms. The molecular formula is C26H22ClN3O5. The molecule has 0 saturated carbocycles. The number of ether oxygens (including phenoxy) is 1. The highest BCUT2D eigenvalue weighted by Gasteiger charge is 2.20. The molecule has 4 rings (SSSR count). The van der Waals surface area contributed by atoms with E-state index in [1.165, 1.54) is 6.20 Å². The zero-order valence-corrected chi connectivity index (χ0v) is 19.7. The van der Waals surface area contributed by atoms with Gasteiger partial charge in [-0.2, -0.15) is 0 Å². The summed E-state index contributed by atoms with van der Waals surface area (Å²) in [5, 5.41) is 16.3. The van der Waals surface area contributed by atoms with Crippen LogP contribution >= 0.6 is 11.6 Å². The summed E-state index contributed by atoms with van der Waals surface area (Å²) in [5.74, 6) is -0.488. The average molecular weight is 492 g/mol. The van der Waals surface area contributed by atoms with E-state index in [9.17, 15) is 9.59 Å². The molecule has 2 aromatic carbocycles. The molecule has 178 valence electrons. The topological polar surface area (TPSA) is 115 Å². The van der Waals surface area contributed by atoms with Crippen molar-refractivity contribution in [3.05, 3.63) is 88.9 Å². The van der Waals surface area contributed by atoms with E-state index in [2.05, 4.69) is 15.5 Å². The van der Waals surface area contributed by atoms with Crippen LogP contribution in [0.15, 0.2) is 71.5 Å². The smallest absolute Gasteiger partial charge is 0.412 e. The first-order chi connectivity index (χ1) is 16.8. The van der Waals surface area contributed by atoms with Crippen LogP contribution in [-0.4, -0.2) is 27.3 Å². The molecule has 1 atom stereocenters. The Morgan fingerprint density at radius 2 is 1.80 bits per heavy atom. The molecule has 2 N–H and O–H groups in total. The number of aromatic nitrogens is 2.